The van der Waals surface area contributed by atoms with Crippen molar-refractivity contribution in [1.82, 2.24) is 48.5 Å². The second-order valence-corrected chi connectivity index (χ2v) is 24.4. The van der Waals surface area contributed by atoms with Crippen molar-refractivity contribution in [2.75, 3.05) is 78.9 Å². The van der Waals surface area contributed by atoms with E-state index in [-0.39, 0.29) is 60.4 Å². The van der Waals surface area contributed by atoms with Gasteiger partial charge in [0.1, 0.15) is 54.6 Å². The monoisotopic (exact) mass is 1260 g/mol. The van der Waals surface area contributed by atoms with Crippen LogP contribution >= 0.6 is 31.3 Å². The number of aliphatic hydroxyl groups excluding tert-OH is 3. The Morgan fingerprint density at radius 2 is 1.39 bits per heavy atom. The number of nitrogens with two attached hydrogens (primary N) is 2. The zero-order valence-electron chi connectivity index (χ0n) is 43.7. The molecular formula is C39H57N13O27P4. The smallest absolute Gasteiger partial charge is 0.490 e. The summed E-state index contributed by atoms with van der Waals surface area (Å²) in [6.07, 6.45) is -15.0. The lowest BCUT2D eigenvalue weighted by Gasteiger charge is -2.31. The quantitative estimate of drug-likeness (QED) is 0.0174. The van der Waals surface area contributed by atoms with Crippen LogP contribution in [0.2, 0.25) is 0 Å². The van der Waals surface area contributed by atoms with Gasteiger partial charge in [-0.1, -0.05) is 0 Å². The van der Waals surface area contributed by atoms with Gasteiger partial charge in [0.25, 0.3) is 24.5 Å². The number of aromatic nitrogens is 10. The molecule has 12 N–H and O–H groups in total. The van der Waals surface area contributed by atoms with Gasteiger partial charge >= 0.3 is 34.7 Å². The molecule has 0 saturated carbocycles. The fourth-order valence-corrected chi connectivity index (χ4v) is 13.7. The number of nitrogens with zero attached hydrogens (tertiary/aromatic N) is 9. The molecule has 6 unspecified atom stereocenters. The van der Waals surface area contributed by atoms with Crippen molar-refractivity contribution in [2.24, 2.45) is 13.0 Å². The number of nitrogen functional groups attached to an aromatic ring is 2. The Balaban J connectivity index is 0.962. The summed E-state index contributed by atoms with van der Waals surface area (Å²) in [5.74, 6) is -2.35. The Labute approximate surface area is 464 Å². The third kappa shape index (κ3) is 14.6. The van der Waals surface area contributed by atoms with Crippen molar-refractivity contribution in [2.45, 2.75) is 73.9 Å². The second-order valence-electron chi connectivity index (χ2n) is 18.4. The zero-order chi connectivity index (χ0) is 60.5. The van der Waals surface area contributed by atoms with Crippen molar-refractivity contribution in [3.8, 4) is 0 Å². The minimum atomic E-state index is -6.29. The number of hydrogen-bond acceptors (Lipinski definition) is 30. The number of phosphoric ester groups is 3. The highest BCUT2D eigenvalue weighted by atomic mass is 31.3. The van der Waals surface area contributed by atoms with Crippen LogP contribution in [-0.2, 0) is 85.2 Å². The molecule has 0 bridgehead atoms. The van der Waals surface area contributed by atoms with E-state index in [9.17, 15) is 72.3 Å². The molecule has 40 nitrogen and oxygen atoms in total. The van der Waals surface area contributed by atoms with Crippen molar-refractivity contribution < 1.29 is 118 Å². The number of imidazole rings is 2. The predicted octanol–water partition coefficient (Wildman–Crippen LogP) is -4.74. The van der Waals surface area contributed by atoms with Gasteiger partial charge in [-0.05, 0) is 0 Å². The summed E-state index contributed by atoms with van der Waals surface area (Å²) in [6.45, 7) is -3.21. The summed E-state index contributed by atoms with van der Waals surface area (Å²) in [7, 11) is -18.7. The number of anilines is 2. The van der Waals surface area contributed by atoms with Gasteiger partial charge in [0.2, 0.25) is 24.4 Å². The SMILES string of the molecule is COCCN(CCOC)C(=O)C[C@@H]1[C@@H](COP(=O)(O)OP(=O)(O)OP(=O)(O)OCC2O[C@@H](n3cnc4c(N)ncnc43)[C@H](OC)[C@@H]2OP(=O)([O-])OC[C@H]2O[C@@H](n3ccc(=O)[nH]c3=O)[C@H](O)[C@@H]2O)OC(n2c[n+](C)c3c(=O)[nH]c(N)nc32)[C@@H]1O. The summed E-state index contributed by atoms with van der Waals surface area (Å²) in [4.78, 5) is 118. The first-order chi connectivity index (χ1) is 39.1. The van der Waals surface area contributed by atoms with E-state index in [0.717, 1.165) is 36.6 Å². The first-order valence-electron chi connectivity index (χ1n) is 24.2. The van der Waals surface area contributed by atoms with E-state index in [1.165, 1.54) is 41.6 Å². The standard InChI is InChI=1S/C39H57N13O27P4/c1-48-17-52(33-25(48)34(58)47-38(41)46-33)35-26(55)18(11-23(54)49(7-9-68-2)8-10-69-3)19(74-35)12-72-81(62,63)78-83(66,67)79-82(64,65)73-14-21-29(30(70-4)37(76-21)51-16-44-24-31(40)42-15-43-32(24)51)77-80(60,61)71-13-20-27(56)28(57)36(75-20)50-6-5-22(53)45-39(50)59/h5-6,15-21,26-30,35-37,55-57H,7-14H2,1-4H3,(H9-,40,41,42,43,45,46,47,53,58,59,60,61,62,63,64,65,66,67)/t18-,19-,20-,21?,26-,27-,28-,29-,30-,35?,36-,37-/m1/s1. The van der Waals surface area contributed by atoms with Crippen molar-refractivity contribution in [1.29, 1.82) is 0 Å². The van der Waals surface area contributed by atoms with E-state index in [2.05, 4.69) is 33.5 Å². The van der Waals surface area contributed by atoms with Gasteiger partial charge in [-0.15, -0.1) is 0 Å². The highest BCUT2D eigenvalue weighted by Gasteiger charge is 2.53. The number of nitrogens with one attached hydrogen (secondary N) is 2. The van der Waals surface area contributed by atoms with E-state index in [1.54, 1.807) is 0 Å². The van der Waals surface area contributed by atoms with Gasteiger partial charge in [0, 0.05) is 59.0 Å². The first kappa shape index (κ1) is 63.8. The summed E-state index contributed by atoms with van der Waals surface area (Å²) in [5, 5.41) is 33.1. The van der Waals surface area contributed by atoms with E-state index < -0.39 is 154 Å². The number of ether oxygens (including phenoxy) is 6. The summed E-state index contributed by atoms with van der Waals surface area (Å²) >= 11 is 0. The predicted molar refractivity (Wildman–Crippen MR) is 268 cm³/mol. The van der Waals surface area contributed by atoms with Crippen molar-refractivity contribution >= 4 is 71.3 Å². The van der Waals surface area contributed by atoms with Crippen LogP contribution in [0.4, 0.5) is 11.8 Å². The lowest BCUT2D eigenvalue weighted by molar-refractivity contribution is -0.646. The van der Waals surface area contributed by atoms with Gasteiger partial charge in [-0.25, -0.2) is 38.0 Å². The average molecular weight is 1260 g/mol. The van der Waals surface area contributed by atoms with Gasteiger partial charge in [-0.2, -0.15) is 18.2 Å². The first-order valence-corrected chi connectivity index (χ1v) is 30.1. The zero-order valence-corrected chi connectivity index (χ0v) is 47.3. The minimum Gasteiger partial charge on any atom is -0.756 e. The Morgan fingerprint density at radius 1 is 0.771 bits per heavy atom. The molecule has 5 aromatic heterocycles. The van der Waals surface area contributed by atoms with Crippen LogP contribution < -0.4 is 37.7 Å². The average Bonchev–Trinajstić information content (AvgIpc) is 2.35. The number of carbonyl (C=O) groups is 1. The number of carbonyl (C=O) groups excluding carboxylic acids is 1. The van der Waals surface area contributed by atoms with E-state index in [0.29, 0.717) is 4.57 Å². The lowest BCUT2D eigenvalue weighted by atomic mass is 9.93. The molecule has 460 valence electrons. The number of rotatable bonds is 27. The van der Waals surface area contributed by atoms with Crippen LogP contribution in [0.25, 0.3) is 22.3 Å². The molecular weight excluding hydrogens is 1210 g/mol. The summed E-state index contributed by atoms with van der Waals surface area (Å²) in [6, 6.07) is 0.910. The summed E-state index contributed by atoms with van der Waals surface area (Å²) < 4.78 is 120. The Morgan fingerprint density at radius 3 is 2.02 bits per heavy atom. The molecule has 83 heavy (non-hydrogen) atoms. The molecule has 5 aromatic rings. The van der Waals surface area contributed by atoms with Gasteiger partial charge in [0.05, 0.1) is 52.5 Å². The maximum Gasteiger partial charge on any atom is 0.490 e. The molecule has 16 atom stereocenters. The number of H-pyrrole nitrogens is 2. The maximum absolute atomic E-state index is 13.7. The maximum atomic E-state index is 13.7. The number of hydrogen-bond donors (Lipinski definition) is 10. The third-order valence-corrected chi connectivity index (χ3v) is 18.2. The molecule has 0 aliphatic carbocycles. The molecule has 0 radical (unpaired) electrons. The minimum absolute atomic E-state index is 0.0198. The molecule has 0 spiro atoms. The second kappa shape index (κ2) is 25.8. The van der Waals surface area contributed by atoms with Gasteiger partial charge in [0.15, 0.2) is 23.9 Å². The molecule has 44 heteroatoms. The van der Waals surface area contributed by atoms with E-state index in [1.807, 2.05) is 4.98 Å². The number of aromatic amines is 2. The van der Waals surface area contributed by atoms with Crippen LogP contribution in [0.5, 0.6) is 0 Å². The van der Waals surface area contributed by atoms with Crippen LogP contribution in [0.3, 0.4) is 0 Å². The topological polar surface area (TPSA) is 549 Å². The molecule has 3 aliphatic rings. The molecule has 3 saturated heterocycles. The molecule has 8 heterocycles. The largest absolute Gasteiger partial charge is 0.756 e. The highest BCUT2D eigenvalue weighted by molar-refractivity contribution is 7.66. The Bertz CT molecular complexity index is 3520. The van der Waals surface area contributed by atoms with E-state index in [4.69, 9.17) is 58.0 Å². The van der Waals surface area contributed by atoms with Gasteiger partial charge in [-0.3, -0.25) is 47.1 Å². The molecule has 1 amide bonds. The highest BCUT2D eigenvalue weighted by Crippen LogP contribution is 2.68. The van der Waals surface area contributed by atoms with Gasteiger partial charge < -0.3 is 88.7 Å². The van der Waals surface area contributed by atoms with Crippen molar-refractivity contribution in [3.05, 3.63) is 62.4 Å². The number of aliphatic hydroxyl groups is 3. The number of methoxy groups -OCH3 is 3. The molecule has 8 rings (SSSR count). The molecule has 0 aromatic carbocycles. The lowest BCUT2D eigenvalue weighted by Crippen LogP contribution is -2.40. The van der Waals surface area contributed by atoms with Crippen molar-refractivity contribution in [3.63, 3.8) is 0 Å². The third-order valence-electron chi connectivity index (χ3n) is 13.0. The molecule has 3 fully saturated rings. The fourth-order valence-electron chi connectivity index (χ4n) is 9.21. The van der Waals surface area contributed by atoms with Crippen LogP contribution in [0, 0.1) is 5.92 Å². The Hall–Kier alpha value is -5.19. The number of fused-ring (bicyclic) bond motifs is 2. The number of aryl methyl sites for hydroxylation is 1. The van der Waals surface area contributed by atoms with Crippen LogP contribution in [-0.4, -0.2) is 201 Å². The van der Waals surface area contributed by atoms with Crippen LogP contribution in [0.15, 0.2) is 45.6 Å². The van der Waals surface area contributed by atoms with Crippen LogP contribution in [0.1, 0.15) is 25.1 Å². The Kier molecular flexibility index (Phi) is 19.8. The number of phosphoric acid groups is 4. The molecule has 3 aliphatic heterocycles. The van der Waals surface area contributed by atoms with E-state index >= 15 is 0 Å². The summed E-state index contributed by atoms with van der Waals surface area (Å²) in [5.41, 5.74) is 9.09. The fraction of sp³-hybridized carbons (Fsp3) is 0.615. The normalized spacial score (nSPS) is 28.5. The number of amides is 1.